The van der Waals surface area contributed by atoms with Gasteiger partial charge in [-0.2, -0.15) is 4.98 Å². The van der Waals surface area contributed by atoms with Crippen molar-refractivity contribution in [2.75, 3.05) is 14.2 Å². The lowest BCUT2D eigenvalue weighted by Gasteiger charge is -2.19. The third kappa shape index (κ3) is 3.66. The minimum Gasteiger partial charge on any atom is -0.465 e. The lowest BCUT2D eigenvalue weighted by molar-refractivity contribution is 0.0600. The Morgan fingerprint density at radius 2 is 1.92 bits per heavy atom. The van der Waals surface area contributed by atoms with E-state index < -0.39 is 0 Å². The molecule has 3 aromatic rings. The van der Waals surface area contributed by atoms with Crippen molar-refractivity contribution in [3.8, 4) is 0 Å². The van der Waals surface area contributed by atoms with Crippen LogP contribution in [-0.2, 0) is 18.0 Å². The highest BCUT2D eigenvalue weighted by molar-refractivity contribution is 7.71. The normalized spacial score (nSPS) is 11.3. The van der Waals surface area contributed by atoms with Gasteiger partial charge in [0.15, 0.2) is 0 Å². The van der Waals surface area contributed by atoms with Crippen molar-refractivity contribution in [3.05, 3.63) is 57.6 Å². The molecule has 2 aromatic heterocycles. The monoisotopic (exact) mass is 371 g/mol. The second-order valence-corrected chi connectivity index (χ2v) is 6.65. The molecule has 0 amide bonds. The van der Waals surface area contributed by atoms with Crippen LogP contribution in [0.15, 0.2) is 30.3 Å². The Morgan fingerprint density at radius 1 is 1.23 bits per heavy atom. The molecule has 136 valence electrons. The summed E-state index contributed by atoms with van der Waals surface area (Å²) in [4.78, 5) is 22.5. The number of hydrogen-bond acceptors (Lipinski definition) is 6. The molecule has 0 aliphatic carbocycles. The van der Waals surface area contributed by atoms with Crippen LogP contribution in [0.2, 0.25) is 0 Å². The van der Waals surface area contributed by atoms with Gasteiger partial charge in [0.2, 0.25) is 4.77 Å². The minimum absolute atomic E-state index is 0.333. The van der Waals surface area contributed by atoms with E-state index in [1.54, 1.807) is 12.1 Å². The molecule has 0 aliphatic rings. The second kappa shape index (κ2) is 7.35. The largest absolute Gasteiger partial charge is 0.465 e. The molecule has 26 heavy (non-hydrogen) atoms. The summed E-state index contributed by atoms with van der Waals surface area (Å²) in [5, 5.41) is 0. The fourth-order valence-electron chi connectivity index (χ4n) is 2.94. The third-order valence-electron chi connectivity index (χ3n) is 4.08. The van der Waals surface area contributed by atoms with Gasteiger partial charge in [-0.25, -0.2) is 19.0 Å². The van der Waals surface area contributed by atoms with Crippen molar-refractivity contribution in [2.45, 2.75) is 27.1 Å². The first-order valence-corrected chi connectivity index (χ1v) is 8.59. The fourth-order valence-corrected chi connectivity index (χ4v) is 3.16. The van der Waals surface area contributed by atoms with Gasteiger partial charge in [-0.1, -0.05) is 12.1 Å². The van der Waals surface area contributed by atoms with E-state index in [1.807, 2.05) is 48.3 Å². The van der Waals surface area contributed by atoms with Crippen LogP contribution in [0, 0.1) is 18.6 Å². The number of aryl methyl sites for hydroxylation is 2. The van der Waals surface area contributed by atoms with Gasteiger partial charge in [0.25, 0.3) is 5.78 Å². The number of carbonyl (C=O) groups is 1. The van der Waals surface area contributed by atoms with Crippen molar-refractivity contribution in [3.63, 3.8) is 0 Å². The van der Waals surface area contributed by atoms with Gasteiger partial charge in [0.1, 0.15) is 0 Å². The van der Waals surface area contributed by atoms with E-state index in [4.69, 9.17) is 17.0 Å². The smallest absolute Gasteiger partial charge is 0.337 e. The Hall–Kier alpha value is -2.58. The second-order valence-electron chi connectivity index (χ2n) is 6.29. The summed E-state index contributed by atoms with van der Waals surface area (Å²) in [5.74, 6) is 0.281. The summed E-state index contributed by atoms with van der Waals surface area (Å²) in [6.07, 6.45) is 0. The van der Waals surface area contributed by atoms with E-state index in [0.717, 1.165) is 17.0 Å². The summed E-state index contributed by atoms with van der Waals surface area (Å²) in [6, 6.07) is 9.39. The lowest BCUT2D eigenvalue weighted by Crippen LogP contribution is -2.24. The van der Waals surface area contributed by atoms with Gasteiger partial charge < -0.3 is 4.74 Å². The molecule has 0 saturated heterocycles. The molecular formula is C18H21N5O2S. The molecule has 0 atom stereocenters. The van der Waals surface area contributed by atoms with E-state index in [2.05, 4.69) is 14.9 Å². The van der Waals surface area contributed by atoms with Crippen molar-refractivity contribution >= 4 is 24.0 Å². The van der Waals surface area contributed by atoms with Crippen LogP contribution >= 0.6 is 12.2 Å². The van der Waals surface area contributed by atoms with Crippen LogP contribution in [-0.4, -0.2) is 44.2 Å². The Labute approximate surface area is 156 Å². The number of carbonyl (C=O) groups excluding carboxylic acids is 1. The summed E-state index contributed by atoms with van der Waals surface area (Å²) < 4.78 is 9.08. The number of methoxy groups -OCH3 is 1. The van der Waals surface area contributed by atoms with E-state index in [-0.39, 0.29) is 5.97 Å². The molecule has 0 spiro atoms. The number of benzene rings is 1. The number of ether oxygens (including phenoxy) is 1. The molecule has 0 saturated carbocycles. The van der Waals surface area contributed by atoms with Gasteiger partial charge >= 0.3 is 5.97 Å². The molecule has 0 aliphatic heterocycles. The maximum atomic E-state index is 11.5. The average Bonchev–Trinajstić information content (AvgIpc) is 2.90. The van der Waals surface area contributed by atoms with Gasteiger partial charge in [-0.15, -0.1) is 0 Å². The standard InChI is InChI=1S/C18H21N5O2S/c1-12-9-13(2)23-17(19-12)20-18(26)22(23)11-21(3)10-14-5-7-15(8-6-14)16(24)25-4/h5-9H,10-11H2,1-4H3. The molecule has 0 fully saturated rings. The zero-order valence-electron chi connectivity index (χ0n) is 15.3. The SMILES string of the molecule is COC(=O)c1ccc(CN(C)Cn2c(=S)nc3nc(C)cc(C)n32)cc1. The predicted molar refractivity (Wildman–Crippen MR) is 101 cm³/mol. The fraction of sp³-hybridized carbons (Fsp3) is 0.333. The number of hydrogen-bond donors (Lipinski definition) is 0. The van der Waals surface area contributed by atoms with E-state index in [9.17, 15) is 4.79 Å². The lowest BCUT2D eigenvalue weighted by atomic mass is 10.1. The number of rotatable bonds is 5. The summed E-state index contributed by atoms with van der Waals surface area (Å²) in [6.45, 7) is 5.23. The third-order valence-corrected chi connectivity index (χ3v) is 4.38. The van der Waals surface area contributed by atoms with E-state index >= 15 is 0 Å². The Bertz CT molecular complexity index is 1010. The Balaban J connectivity index is 1.79. The summed E-state index contributed by atoms with van der Waals surface area (Å²) in [7, 11) is 3.38. The van der Waals surface area contributed by atoms with Gasteiger partial charge in [0.05, 0.1) is 19.3 Å². The Morgan fingerprint density at radius 3 is 2.58 bits per heavy atom. The summed E-state index contributed by atoms with van der Waals surface area (Å²) in [5.41, 5.74) is 3.58. The quantitative estimate of drug-likeness (QED) is 0.508. The number of nitrogens with zero attached hydrogens (tertiary/aromatic N) is 5. The van der Waals surface area contributed by atoms with Crippen LogP contribution in [0.1, 0.15) is 27.3 Å². The highest BCUT2D eigenvalue weighted by Gasteiger charge is 2.11. The van der Waals surface area contributed by atoms with Crippen molar-refractivity contribution < 1.29 is 9.53 Å². The van der Waals surface area contributed by atoms with Gasteiger partial charge in [-0.05, 0) is 56.9 Å². The molecule has 7 nitrogen and oxygen atoms in total. The van der Waals surface area contributed by atoms with Gasteiger partial charge in [0, 0.05) is 17.9 Å². The average molecular weight is 371 g/mol. The zero-order valence-corrected chi connectivity index (χ0v) is 16.1. The highest BCUT2D eigenvalue weighted by atomic mass is 32.1. The van der Waals surface area contributed by atoms with Crippen molar-refractivity contribution in [1.82, 2.24) is 24.1 Å². The Kier molecular flexibility index (Phi) is 5.15. The zero-order chi connectivity index (χ0) is 18.8. The number of aromatic nitrogens is 4. The molecule has 8 heteroatoms. The van der Waals surface area contributed by atoms with Crippen LogP contribution in [0.5, 0.6) is 0 Å². The predicted octanol–water partition coefficient (Wildman–Crippen LogP) is 2.75. The molecule has 2 heterocycles. The first kappa shape index (κ1) is 18.2. The highest BCUT2D eigenvalue weighted by Crippen LogP contribution is 2.11. The maximum Gasteiger partial charge on any atom is 0.337 e. The first-order chi connectivity index (χ1) is 12.4. The van der Waals surface area contributed by atoms with Crippen LogP contribution < -0.4 is 0 Å². The van der Waals surface area contributed by atoms with E-state index in [1.165, 1.54) is 7.11 Å². The first-order valence-electron chi connectivity index (χ1n) is 8.18. The molecule has 0 N–H and O–H groups in total. The molecular weight excluding hydrogens is 350 g/mol. The van der Waals surface area contributed by atoms with Crippen molar-refractivity contribution in [2.24, 2.45) is 0 Å². The maximum absolute atomic E-state index is 11.5. The number of esters is 1. The number of fused-ring (bicyclic) bond motifs is 1. The molecule has 1 aromatic carbocycles. The van der Waals surface area contributed by atoms with Crippen LogP contribution in [0.3, 0.4) is 0 Å². The topological polar surface area (TPSA) is 64.7 Å². The van der Waals surface area contributed by atoms with Gasteiger partial charge in [-0.3, -0.25) is 4.90 Å². The van der Waals surface area contributed by atoms with Crippen LogP contribution in [0.25, 0.3) is 5.78 Å². The molecule has 3 rings (SSSR count). The minimum atomic E-state index is -0.333. The van der Waals surface area contributed by atoms with E-state index in [0.29, 0.717) is 29.3 Å². The van der Waals surface area contributed by atoms with Crippen LogP contribution in [0.4, 0.5) is 0 Å². The molecule has 0 unspecified atom stereocenters. The molecule has 0 bridgehead atoms. The van der Waals surface area contributed by atoms with Crippen molar-refractivity contribution in [1.29, 1.82) is 0 Å². The molecule has 0 radical (unpaired) electrons. The summed E-state index contributed by atoms with van der Waals surface area (Å²) >= 11 is 5.41.